The number of benzene rings is 2. The van der Waals surface area contributed by atoms with Gasteiger partial charge in [-0.05, 0) is 48.9 Å². The molecule has 2 amide bonds. The minimum Gasteiger partial charge on any atom is -0.495 e. The fourth-order valence-corrected chi connectivity index (χ4v) is 5.33. The molecule has 1 aliphatic rings. The molecule has 0 saturated heterocycles. The first-order valence-corrected chi connectivity index (χ1v) is 12.3. The summed E-state index contributed by atoms with van der Waals surface area (Å²) in [4.78, 5) is 17.7. The first-order valence-electron chi connectivity index (χ1n) is 10.3. The van der Waals surface area contributed by atoms with Crippen LogP contribution in [0, 0.1) is 5.82 Å². The molecular formula is C23H21ClFN3O5S. The van der Waals surface area contributed by atoms with E-state index in [9.17, 15) is 17.6 Å². The summed E-state index contributed by atoms with van der Waals surface area (Å²) in [5, 5.41) is 2.92. The molecule has 8 nitrogen and oxygen atoms in total. The van der Waals surface area contributed by atoms with Crippen LogP contribution < -0.4 is 14.8 Å². The zero-order valence-electron chi connectivity index (χ0n) is 18.3. The van der Waals surface area contributed by atoms with Crippen molar-refractivity contribution in [1.29, 1.82) is 0 Å². The third-order valence-corrected chi connectivity index (χ3v) is 7.23. The van der Waals surface area contributed by atoms with Crippen LogP contribution in [0.4, 0.5) is 15.0 Å². The van der Waals surface area contributed by atoms with Gasteiger partial charge in [0.05, 0.1) is 25.0 Å². The van der Waals surface area contributed by atoms with E-state index in [2.05, 4.69) is 10.3 Å². The van der Waals surface area contributed by atoms with Crippen LogP contribution in [0.1, 0.15) is 18.1 Å². The summed E-state index contributed by atoms with van der Waals surface area (Å²) in [7, 11) is -2.51. The van der Waals surface area contributed by atoms with Gasteiger partial charge in [0, 0.05) is 17.8 Å². The van der Waals surface area contributed by atoms with E-state index in [0.717, 1.165) is 6.07 Å². The number of sulfone groups is 1. The van der Waals surface area contributed by atoms with E-state index in [1.54, 1.807) is 11.0 Å². The maximum Gasteiger partial charge on any atom is 0.323 e. The molecule has 4 rings (SSSR count). The highest BCUT2D eigenvalue weighted by Crippen LogP contribution is 2.35. The van der Waals surface area contributed by atoms with Crippen LogP contribution in [0.5, 0.6) is 17.2 Å². The predicted octanol–water partition coefficient (Wildman–Crippen LogP) is 5.02. The number of hydrogen-bond donors (Lipinski definition) is 1. The van der Waals surface area contributed by atoms with Crippen LogP contribution in [0.25, 0.3) is 0 Å². The van der Waals surface area contributed by atoms with Gasteiger partial charge >= 0.3 is 6.03 Å². The first kappa shape index (κ1) is 23.8. The van der Waals surface area contributed by atoms with Crippen LogP contribution in [-0.2, 0) is 22.1 Å². The second-order valence-corrected chi connectivity index (χ2v) is 9.90. The molecule has 11 heteroatoms. The molecule has 1 aliphatic heterocycles. The number of pyridine rings is 1. The number of halogens is 2. The zero-order valence-corrected chi connectivity index (χ0v) is 19.9. The maximum atomic E-state index is 14.9. The number of nitrogens with zero attached hydrogens (tertiary/aromatic N) is 2. The maximum absolute atomic E-state index is 14.9. The van der Waals surface area contributed by atoms with Gasteiger partial charge in [-0.25, -0.2) is 22.6 Å². The third kappa shape index (κ3) is 4.78. The Bertz CT molecular complexity index is 1370. The summed E-state index contributed by atoms with van der Waals surface area (Å²) in [6, 6.07) is 9.53. The second kappa shape index (κ2) is 9.47. The van der Waals surface area contributed by atoms with Gasteiger partial charge in [-0.15, -0.1) is 0 Å². The van der Waals surface area contributed by atoms with Crippen molar-refractivity contribution in [3.8, 4) is 17.2 Å². The van der Waals surface area contributed by atoms with Crippen LogP contribution in [0.2, 0.25) is 5.02 Å². The van der Waals surface area contributed by atoms with E-state index < -0.39 is 21.4 Å². The SMILES string of the molecule is CCN1Cc2c(Oc3ccc(CS(=O)(=O)c4cc(Cl)ccc4OC)cc3F)ccnc2NC1=O. The minimum atomic E-state index is -3.86. The first-order chi connectivity index (χ1) is 16.2. The zero-order chi connectivity index (χ0) is 24.5. The lowest BCUT2D eigenvalue weighted by atomic mass is 10.2. The molecule has 0 bridgehead atoms. The lowest BCUT2D eigenvalue weighted by Gasteiger charge is -2.28. The standard InChI is InChI=1S/C23H21ClFN3O5S/c1-3-28-12-16-18(8-9-26-22(16)27-23(28)29)33-19-6-4-14(10-17(19)25)13-34(30,31)21-11-15(24)5-7-20(21)32-2/h4-11H,3,12-13H2,1-2H3,(H,26,27,29). The Kier molecular flexibility index (Phi) is 6.63. The van der Waals surface area contributed by atoms with Crippen LogP contribution in [0.15, 0.2) is 53.6 Å². The Hall–Kier alpha value is -3.37. The van der Waals surface area contributed by atoms with E-state index in [1.165, 1.54) is 43.6 Å². The second-order valence-electron chi connectivity index (χ2n) is 7.50. The van der Waals surface area contributed by atoms with Gasteiger partial charge in [-0.2, -0.15) is 0 Å². The molecule has 0 atom stereocenters. The average molecular weight is 506 g/mol. The number of methoxy groups -OCH3 is 1. The molecule has 0 fully saturated rings. The van der Waals surface area contributed by atoms with Gasteiger partial charge in [0.2, 0.25) is 0 Å². The van der Waals surface area contributed by atoms with Gasteiger partial charge in [0.1, 0.15) is 22.2 Å². The van der Waals surface area contributed by atoms with Crippen molar-refractivity contribution in [3.05, 3.63) is 70.6 Å². The molecular weight excluding hydrogens is 485 g/mol. The van der Waals surface area contributed by atoms with E-state index in [4.69, 9.17) is 21.1 Å². The summed E-state index contributed by atoms with van der Waals surface area (Å²) < 4.78 is 51.7. The van der Waals surface area contributed by atoms with E-state index in [-0.39, 0.29) is 39.6 Å². The lowest BCUT2D eigenvalue weighted by molar-refractivity contribution is 0.209. The smallest absolute Gasteiger partial charge is 0.323 e. The van der Waals surface area contributed by atoms with Crippen molar-refractivity contribution >= 4 is 33.3 Å². The van der Waals surface area contributed by atoms with E-state index >= 15 is 0 Å². The van der Waals surface area contributed by atoms with Crippen LogP contribution in [0.3, 0.4) is 0 Å². The predicted molar refractivity (Wildman–Crippen MR) is 125 cm³/mol. The normalized spacial score (nSPS) is 13.3. The summed E-state index contributed by atoms with van der Waals surface area (Å²) in [6.07, 6.45) is 1.45. The van der Waals surface area contributed by atoms with Gasteiger partial charge in [0.25, 0.3) is 0 Å². The molecule has 0 unspecified atom stereocenters. The summed E-state index contributed by atoms with van der Waals surface area (Å²) >= 11 is 5.96. The van der Waals surface area contributed by atoms with Crippen molar-refractivity contribution in [1.82, 2.24) is 9.88 Å². The summed E-state index contributed by atoms with van der Waals surface area (Å²) in [5.74, 6) is -0.431. The lowest BCUT2D eigenvalue weighted by Crippen LogP contribution is -2.38. The highest BCUT2D eigenvalue weighted by Gasteiger charge is 2.26. The molecule has 0 spiro atoms. The van der Waals surface area contributed by atoms with Crippen molar-refractivity contribution in [2.45, 2.75) is 24.1 Å². The van der Waals surface area contributed by atoms with Crippen molar-refractivity contribution in [3.63, 3.8) is 0 Å². The van der Waals surface area contributed by atoms with E-state index in [0.29, 0.717) is 23.7 Å². The fraction of sp³-hybridized carbons (Fsp3) is 0.217. The molecule has 3 aromatic rings. The number of ether oxygens (including phenoxy) is 2. The summed E-state index contributed by atoms with van der Waals surface area (Å²) in [5.41, 5.74) is 0.844. The van der Waals surface area contributed by atoms with Crippen molar-refractivity contribution in [2.24, 2.45) is 0 Å². The number of carbonyl (C=O) groups excluding carboxylic acids is 1. The number of amides is 2. The number of fused-ring (bicyclic) bond motifs is 1. The molecule has 2 heterocycles. The minimum absolute atomic E-state index is 0.0748. The Balaban J connectivity index is 1.58. The van der Waals surface area contributed by atoms with E-state index in [1.807, 2.05) is 6.92 Å². The Morgan fingerprint density at radius 3 is 2.62 bits per heavy atom. The number of nitrogens with one attached hydrogen (secondary N) is 1. The molecule has 34 heavy (non-hydrogen) atoms. The van der Waals surface area contributed by atoms with Crippen LogP contribution in [-0.4, -0.2) is 38.0 Å². The Morgan fingerprint density at radius 1 is 1.15 bits per heavy atom. The fourth-order valence-electron chi connectivity index (χ4n) is 3.56. The largest absolute Gasteiger partial charge is 0.495 e. The number of carbonyl (C=O) groups is 1. The quantitative estimate of drug-likeness (QED) is 0.484. The number of anilines is 1. The summed E-state index contributed by atoms with van der Waals surface area (Å²) in [6.45, 7) is 2.59. The highest BCUT2D eigenvalue weighted by molar-refractivity contribution is 7.90. The average Bonchev–Trinajstić information content (AvgIpc) is 2.80. The molecule has 0 aliphatic carbocycles. The monoisotopic (exact) mass is 505 g/mol. The number of urea groups is 1. The van der Waals surface area contributed by atoms with Crippen molar-refractivity contribution in [2.75, 3.05) is 19.0 Å². The van der Waals surface area contributed by atoms with Crippen LogP contribution >= 0.6 is 11.6 Å². The van der Waals surface area contributed by atoms with Gasteiger partial charge in [-0.3, -0.25) is 5.32 Å². The topological polar surface area (TPSA) is 97.8 Å². The highest BCUT2D eigenvalue weighted by atomic mass is 35.5. The Morgan fingerprint density at radius 2 is 1.91 bits per heavy atom. The van der Waals surface area contributed by atoms with Gasteiger partial charge in [0.15, 0.2) is 21.4 Å². The molecule has 0 radical (unpaired) electrons. The number of rotatable bonds is 7. The molecule has 178 valence electrons. The molecule has 0 saturated carbocycles. The van der Waals surface area contributed by atoms with Gasteiger partial charge in [-0.1, -0.05) is 17.7 Å². The molecule has 2 aromatic carbocycles. The number of aromatic nitrogens is 1. The van der Waals surface area contributed by atoms with Crippen molar-refractivity contribution < 1.29 is 27.1 Å². The third-order valence-electron chi connectivity index (χ3n) is 5.29. The number of hydrogen-bond acceptors (Lipinski definition) is 6. The molecule has 1 aromatic heterocycles. The molecule has 1 N–H and O–H groups in total. The van der Waals surface area contributed by atoms with Gasteiger partial charge < -0.3 is 14.4 Å². The Labute approximate surface area is 201 Å².